The van der Waals surface area contributed by atoms with Crippen LogP contribution < -0.4 is 4.72 Å². The van der Waals surface area contributed by atoms with E-state index in [0.29, 0.717) is 6.61 Å². The van der Waals surface area contributed by atoms with Crippen molar-refractivity contribution >= 4 is 16.1 Å². The minimum atomic E-state index is -3.52. The summed E-state index contributed by atoms with van der Waals surface area (Å²) in [7, 11) is -3.52. The third-order valence-corrected chi connectivity index (χ3v) is 7.45. The molecular weight excluding hydrogens is 427 g/mol. The second-order valence-electron chi connectivity index (χ2n) is 8.80. The zero-order valence-corrected chi connectivity index (χ0v) is 18.3. The molecule has 1 aromatic rings. The van der Waals surface area contributed by atoms with Gasteiger partial charge in [-0.25, -0.2) is 22.3 Å². The van der Waals surface area contributed by atoms with Gasteiger partial charge in [0.1, 0.15) is 5.82 Å². The van der Waals surface area contributed by atoms with Crippen molar-refractivity contribution in [2.45, 2.75) is 55.8 Å². The predicted octanol–water partition coefficient (Wildman–Crippen LogP) is 2.16. The van der Waals surface area contributed by atoms with Crippen LogP contribution in [-0.2, 0) is 19.5 Å². The number of nitrogens with one attached hydrogen (secondary N) is 1. The number of hydrogen-bond acceptors (Lipinski definition) is 5. The highest BCUT2D eigenvalue weighted by atomic mass is 32.2. The molecule has 0 unspecified atom stereocenters. The van der Waals surface area contributed by atoms with E-state index in [-0.39, 0.29) is 43.0 Å². The van der Waals surface area contributed by atoms with Crippen LogP contribution in [0.4, 0.5) is 9.18 Å². The maximum atomic E-state index is 13.5. The minimum absolute atomic E-state index is 0.0315. The molecule has 1 aliphatic carbocycles. The molecule has 0 bridgehead atoms. The van der Waals surface area contributed by atoms with Gasteiger partial charge in [0.25, 0.3) is 0 Å². The van der Waals surface area contributed by atoms with Crippen LogP contribution in [0.25, 0.3) is 0 Å². The van der Waals surface area contributed by atoms with Crippen molar-refractivity contribution in [3.63, 3.8) is 0 Å². The van der Waals surface area contributed by atoms with E-state index in [4.69, 9.17) is 9.47 Å². The summed E-state index contributed by atoms with van der Waals surface area (Å²) < 4.78 is 51.5. The van der Waals surface area contributed by atoms with Gasteiger partial charge < -0.3 is 14.6 Å². The standard InChI is InChI=1S/C21H29FN2O6S/c1-31(27,28)23-20-17-10-29-11-18(17)24(21(25)26)19(20)12-30-16-7-5-13(6-8-16)14-3-2-4-15(22)9-14/h2-4,9,13,16-20,23H,5-8,10-12H2,1H3,(H,25,26)/t13?,16?,17-,18+,19-,20-/m0/s1. The lowest BCUT2D eigenvalue weighted by molar-refractivity contribution is -0.0120. The third kappa shape index (κ3) is 5.02. The molecule has 1 saturated carbocycles. The Morgan fingerprint density at radius 2 is 2.03 bits per heavy atom. The lowest BCUT2D eigenvalue weighted by Gasteiger charge is -2.33. The molecule has 10 heteroatoms. The van der Waals surface area contributed by atoms with Crippen LogP contribution in [0.5, 0.6) is 0 Å². The van der Waals surface area contributed by atoms with E-state index >= 15 is 0 Å². The van der Waals surface area contributed by atoms with Gasteiger partial charge in [-0.15, -0.1) is 0 Å². The lowest BCUT2D eigenvalue weighted by atomic mass is 9.82. The zero-order valence-electron chi connectivity index (χ0n) is 17.4. The molecule has 31 heavy (non-hydrogen) atoms. The smallest absolute Gasteiger partial charge is 0.408 e. The first-order chi connectivity index (χ1) is 14.7. The summed E-state index contributed by atoms with van der Waals surface area (Å²) in [5.74, 6) is -0.179. The first-order valence-electron chi connectivity index (χ1n) is 10.7. The van der Waals surface area contributed by atoms with E-state index in [9.17, 15) is 22.7 Å². The summed E-state index contributed by atoms with van der Waals surface area (Å²) in [6.07, 6.45) is 3.27. The zero-order chi connectivity index (χ0) is 22.2. The summed E-state index contributed by atoms with van der Waals surface area (Å²) >= 11 is 0. The fourth-order valence-corrected chi connectivity index (χ4v) is 6.16. The first-order valence-corrected chi connectivity index (χ1v) is 12.6. The number of carboxylic acid groups (broad SMARTS) is 1. The van der Waals surface area contributed by atoms with E-state index in [1.807, 2.05) is 6.07 Å². The van der Waals surface area contributed by atoms with Crippen molar-refractivity contribution < 1.29 is 32.2 Å². The SMILES string of the molecule is CS(=O)(=O)N[C@H]1[C@H]2COC[C@H]2N(C(=O)O)[C@H]1COC1CCC(c2cccc(F)c2)CC1. The monoisotopic (exact) mass is 456 g/mol. The Morgan fingerprint density at radius 3 is 2.68 bits per heavy atom. The number of ether oxygens (including phenoxy) is 2. The number of rotatable bonds is 6. The van der Waals surface area contributed by atoms with Gasteiger partial charge in [-0.1, -0.05) is 12.1 Å². The Bertz CT molecular complexity index is 905. The number of benzene rings is 1. The highest BCUT2D eigenvalue weighted by Gasteiger charge is 2.54. The van der Waals surface area contributed by atoms with Crippen molar-refractivity contribution in [2.75, 3.05) is 26.1 Å². The van der Waals surface area contributed by atoms with Crippen molar-refractivity contribution in [3.05, 3.63) is 35.6 Å². The number of fused-ring (bicyclic) bond motifs is 1. The maximum Gasteiger partial charge on any atom is 0.408 e. The van der Waals surface area contributed by atoms with Crippen molar-refractivity contribution in [3.8, 4) is 0 Å². The van der Waals surface area contributed by atoms with E-state index in [2.05, 4.69) is 4.72 Å². The third-order valence-electron chi connectivity index (χ3n) is 6.75. The van der Waals surface area contributed by atoms with E-state index < -0.39 is 28.2 Å². The molecule has 4 atom stereocenters. The number of likely N-dealkylation sites (tertiary alicyclic amines) is 1. The van der Waals surface area contributed by atoms with Gasteiger partial charge >= 0.3 is 6.09 Å². The fourth-order valence-electron chi connectivity index (χ4n) is 5.33. The normalized spacial score (nSPS) is 33.4. The van der Waals surface area contributed by atoms with E-state index in [1.165, 1.54) is 11.0 Å². The predicted molar refractivity (Wildman–Crippen MR) is 111 cm³/mol. The summed E-state index contributed by atoms with van der Waals surface area (Å²) in [6, 6.07) is 5.12. The van der Waals surface area contributed by atoms with Crippen LogP contribution in [0.1, 0.15) is 37.2 Å². The quantitative estimate of drug-likeness (QED) is 0.680. The molecule has 3 fully saturated rings. The van der Waals surface area contributed by atoms with Crippen molar-refractivity contribution in [1.82, 2.24) is 9.62 Å². The van der Waals surface area contributed by atoms with Crippen LogP contribution in [0.15, 0.2) is 24.3 Å². The van der Waals surface area contributed by atoms with Gasteiger partial charge in [-0.3, -0.25) is 4.90 Å². The molecule has 3 aliphatic rings. The lowest BCUT2D eigenvalue weighted by Crippen LogP contribution is -2.51. The Balaban J connectivity index is 1.39. The highest BCUT2D eigenvalue weighted by Crippen LogP contribution is 2.37. The van der Waals surface area contributed by atoms with Gasteiger partial charge in [0.2, 0.25) is 10.0 Å². The Morgan fingerprint density at radius 1 is 1.29 bits per heavy atom. The molecule has 0 aromatic heterocycles. The van der Waals surface area contributed by atoms with Crippen LogP contribution >= 0.6 is 0 Å². The molecule has 2 heterocycles. The second kappa shape index (κ2) is 9.01. The minimum Gasteiger partial charge on any atom is -0.465 e. The molecule has 8 nitrogen and oxygen atoms in total. The van der Waals surface area contributed by atoms with Crippen LogP contribution in [0, 0.1) is 11.7 Å². The van der Waals surface area contributed by atoms with Gasteiger partial charge in [-0.05, 0) is 49.3 Å². The Kier molecular flexibility index (Phi) is 6.52. The average molecular weight is 457 g/mol. The number of sulfonamides is 1. The maximum absolute atomic E-state index is 13.5. The van der Waals surface area contributed by atoms with Crippen molar-refractivity contribution in [2.24, 2.45) is 5.92 Å². The topological polar surface area (TPSA) is 105 Å². The number of carbonyl (C=O) groups is 1. The average Bonchev–Trinajstić information content (AvgIpc) is 3.27. The summed E-state index contributed by atoms with van der Waals surface area (Å²) in [4.78, 5) is 13.3. The summed E-state index contributed by atoms with van der Waals surface area (Å²) in [6.45, 7) is 0.701. The van der Waals surface area contributed by atoms with Gasteiger partial charge in [0.15, 0.2) is 0 Å². The molecule has 1 amide bonds. The van der Waals surface area contributed by atoms with Gasteiger partial charge in [-0.2, -0.15) is 0 Å². The molecule has 172 valence electrons. The molecule has 1 aromatic carbocycles. The second-order valence-corrected chi connectivity index (χ2v) is 10.6. The van der Waals surface area contributed by atoms with Crippen LogP contribution in [0.3, 0.4) is 0 Å². The van der Waals surface area contributed by atoms with Crippen LogP contribution in [-0.4, -0.2) is 74.8 Å². The van der Waals surface area contributed by atoms with Gasteiger partial charge in [0, 0.05) is 5.92 Å². The molecular formula is C21H29FN2O6S. The fraction of sp³-hybridized carbons (Fsp3) is 0.667. The molecule has 0 spiro atoms. The molecule has 4 rings (SSSR count). The molecule has 0 radical (unpaired) electrons. The molecule has 2 aliphatic heterocycles. The summed E-state index contributed by atoms with van der Waals surface area (Å²) in [5, 5.41) is 9.77. The van der Waals surface area contributed by atoms with Crippen LogP contribution in [0.2, 0.25) is 0 Å². The van der Waals surface area contributed by atoms with Gasteiger partial charge in [0.05, 0.1) is 50.3 Å². The number of halogens is 1. The Hall–Kier alpha value is -1.75. The van der Waals surface area contributed by atoms with E-state index in [0.717, 1.165) is 37.5 Å². The number of amides is 1. The highest BCUT2D eigenvalue weighted by molar-refractivity contribution is 7.88. The number of nitrogens with zero attached hydrogens (tertiary/aromatic N) is 1. The molecule has 2 N–H and O–H groups in total. The molecule has 2 saturated heterocycles. The Labute approximate surface area is 181 Å². The first kappa shape index (κ1) is 22.4. The number of hydrogen-bond donors (Lipinski definition) is 2. The largest absolute Gasteiger partial charge is 0.465 e. The van der Waals surface area contributed by atoms with E-state index in [1.54, 1.807) is 12.1 Å². The summed E-state index contributed by atoms with van der Waals surface area (Å²) in [5.41, 5.74) is 0.997. The van der Waals surface area contributed by atoms with Crippen molar-refractivity contribution in [1.29, 1.82) is 0 Å².